The maximum Gasteiger partial charge on any atom is 0.257 e. The van der Waals surface area contributed by atoms with Gasteiger partial charge in [0.1, 0.15) is 11.8 Å². The van der Waals surface area contributed by atoms with Gasteiger partial charge >= 0.3 is 0 Å². The molecule has 4 heterocycles. The predicted octanol–water partition coefficient (Wildman–Crippen LogP) is 3.33. The third-order valence-electron chi connectivity index (χ3n) is 5.74. The summed E-state index contributed by atoms with van der Waals surface area (Å²) in [4.78, 5) is 32.9. The van der Waals surface area contributed by atoms with Crippen molar-refractivity contribution in [3.63, 3.8) is 0 Å². The minimum absolute atomic E-state index is 0.0383. The second-order valence-corrected chi connectivity index (χ2v) is 7.91. The third kappa shape index (κ3) is 4.72. The van der Waals surface area contributed by atoms with Gasteiger partial charge in [0.15, 0.2) is 11.6 Å². The van der Waals surface area contributed by atoms with Gasteiger partial charge in [-0.05, 0) is 50.5 Å². The van der Waals surface area contributed by atoms with Crippen molar-refractivity contribution in [3.05, 3.63) is 54.0 Å². The molecule has 0 N–H and O–H groups in total. The number of carbonyl (C=O) groups excluding carboxylic acids is 1. The number of methoxy groups -OCH3 is 2. The highest BCUT2D eigenvalue weighted by Crippen LogP contribution is 2.31. The molecule has 172 valence electrons. The summed E-state index contributed by atoms with van der Waals surface area (Å²) in [6.45, 7) is 4.39. The van der Waals surface area contributed by atoms with Crippen molar-refractivity contribution in [3.8, 4) is 29.0 Å². The Labute approximate surface area is 192 Å². The number of hydrogen-bond acceptors (Lipinski definition) is 8. The Hall–Kier alpha value is -3.75. The summed E-state index contributed by atoms with van der Waals surface area (Å²) in [6.07, 6.45) is 6.32. The van der Waals surface area contributed by atoms with Crippen LogP contribution in [0, 0.1) is 6.92 Å². The van der Waals surface area contributed by atoms with Crippen LogP contribution in [0.1, 0.15) is 35.7 Å². The van der Waals surface area contributed by atoms with Crippen molar-refractivity contribution in [2.24, 2.45) is 0 Å². The first-order valence-corrected chi connectivity index (χ1v) is 10.8. The number of hydrogen-bond donors (Lipinski definition) is 0. The fraction of sp³-hybridized carbons (Fsp3) is 0.375. The Bertz CT molecular complexity index is 1130. The SMILES string of the molecule is COc1ccc(C(=O)N2CC(Oc3nccc(C)c3OC)CCC2C)c(-c2ncccn2)n1. The summed E-state index contributed by atoms with van der Waals surface area (Å²) in [7, 11) is 3.13. The third-order valence-corrected chi connectivity index (χ3v) is 5.74. The molecule has 33 heavy (non-hydrogen) atoms. The van der Waals surface area contributed by atoms with Crippen LogP contribution < -0.4 is 14.2 Å². The highest BCUT2D eigenvalue weighted by atomic mass is 16.5. The number of carbonyl (C=O) groups is 1. The van der Waals surface area contributed by atoms with Crippen LogP contribution in [0.15, 0.2) is 42.9 Å². The van der Waals surface area contributed by atoms with Gasteiger partial charge in [0, 0.05) is 30.7 Å². The van der Waals surface area contributed by atoms with E-state index in [0.717, 1.165) is 18.4 Å². The molecular formula is C24H27N5O4. The molecule has 1 amide bonds. The Morgan fingerprint density at radius 3 is 2.55 bits per heavy atom. The molecule has 1 aliphatic heterocycles. The van der Waals surface area contributed by atoms with Crippen LogP contribution in [-0.4, -0.2) is 63.7 Å². The summed E-state index contributed by atoms with van der Waals surface area (Å²) < 4.78 is 16.9. The molecular weight excluding hydrogens is 422 g/mol. The summed E-state index contributed by atoms with van der Waals surface area (Å²) in [5.41, 5.74) is 1.74. The highest BCUT2D eigenvalue weighted by Gasteiger charge is 2.33. The van der Waals surface area contributed by atoms with Crippen LogP contribution >= 0.6 is 0 Å². The average molecular weight is 450 g/mol. The number of pyridine rings is 2. The van der Waals surface area contributed by atoms with E-state index in [1.54, 1.807) is 43.9 Å². The fourth-order valence-corrected chi connectivity index (χ4v) is 3.94. The zero-order chi connectivity index (χ0) is 23.4. The summed E-state index contributed by atoms with van der Waals surface area (Å²) in [6, 6.07) is 7.00. The van der Waals surface area contributed by atoms with E-state index in [0.29, 0.717) is 41.1 Å². The van der Waals surface area contributed by atoms with Crippen molar-refractivity contribution in [2.45, 2.75) is 38.8 Å². The zero-order valence-electron chi connectivity index (χ0n) is 19.2. The van der Waals surface area contributed by atoms with E-state index >= 15 is 0 Å². The Morgan fingerprint density at radius 1 is 1.03 bits per heavy atom. The first-order valence-electron chi connectivity index (χ1n) is 10.8. The minimum atomic E-state index is -0.212. The fourth-order valence-electron chi connectivity index (χ4n) is 3.94. The molecule has 0 radical (unpaired) electrons. The molecule has 0 aromatic carbocycles. The van der Waals surface area contributed by atoms with Crippen molar-refractivity contribution in [1.82, 2.24) is 24.8 Å². The number of nitrogens with zero attached hydrogens (tertiary/aromatic N) is 5. The molecule has 9 nitrogen and oxygen atoms in total. The topological polar surface area (TPSA) is 99.6 Å². The molecule has 3 aromatic heterocycles. The Morgan fingerprint density at radius 2 is 1.82 bits per heavy atom. The Kier molecular flexibility index (Phi) is 6.67. The van der Waals surface area contributed by atoms with E-state index in [9.17, 15) is 4.79 Å². The monoisotopic (exact) mass is 449 g/mol. The second kappa shape index (κ2) is 9.81. The average Bonchev–Trinajstić information content (AvgIpc) is 2.85. The smallest absolute Gasteiger partial charge is 0.257 e. The number of likely N-dealkylation sites (tertiary alicyclic amines) is 1. The standard InChI is InChI=1S/C24H27N5O4/c1-15-10-13-27-23(21(15)32-4)33-17-7-6-16(2)29(14-17)24(30)18-8-9-19(31-3)28-20(18)22-25-11-5-12-26-22/h5,8-13,16-17H,6-7,14H2,1-4H3. The Balaban J connectivity index is 1.61. The van der Waals surface area contributed by atoms with Gasteiger partial charge in [0.2, 0.25) is 5.88 Å². The molecule has 2 atom stereocenters. The number of aryl methyl sites for hydroxylation is 1. The lowest BCUT2D eigenvalue weighted by molar-refractivity contribution is 0.0365. The molecule has 4 rings (SSSR count). The van der Waals surface area contributed by atoms with E-state index in [1.807, 2.05) is 24.8 Å². The lowest BCUT2D eigenvalue weighted by Gasteiger charge is -2.38. The van der Waals surface area contributed by atoms with E-state index < -0.39 is 0 Å². The lowest BCUT2D eigenvalue weighted by atomic mass is 9.99. The molecule has 1 aliphatic rings. The predicted molar refractivity (Wildman–Crippen MR) is 121 cm³/mol. The number of aromatic nitrogens is 4. The first kappa shape index (κ1) is 22.4. The molecule has 1 saturated heterocycles. The molecule has 0 bridgehead atoms. The minimum Gasteiger partial charge on any atom is -0.491 e. The van der Waals surface area contributed by atoms with Gasteiger partial charge in [-0.15, -0.1) is 0 Å². The number of ether oxygens (including phenoxy) is 3. The van der Waals surface area contributed by atoms with Crippen LogP contribution in [0.3, 0.4) is 0 Å². The summed E-state index contributed by atoms with van der Waals surface area (Å²) >= 11 is 0. The van der Waals surface area contributed by atoms with Gasteiger partial charge in [-0.1, -0.05) is 0 Å². The first-order chi connectivity index (χ1) is 16.0. The van der Waals surface area contributed by atoms with E-state index in [2.05, 4.69) is 19.9 Å². The van der Waals surface area contributed by atoms with Crippen molar-refractivity contribution < 1.29 is 19.0 Å². The van der Waals surface area contributed by atoms with Crippen LogP contribution in [0.4, 0.5) is 0 Å². The second-order valence-electron chi connectivity index (χ2n) is 7.91. The quantitative estimate of drug-likeness (QED) is 0.565. The molecule has 0 spiro atoms. The number of piperidine rings is 1. The molecule has 0 saturated carbocycles. The number of amides is 1. The zero-order valence-corrected chi connectivity index (χ0v) is 19.2. The van der Waals surface area contributed by atoms with E-state index in [1.165, 1.54) is 7.11 Å². The van der Waals surface area contributed by atoms with Gasteiger partial charge in [-0.25, -0.2) is 19.9 Å². The highest BCUT2D eigenvalue weighted by molar-refractivity contribution is 5.99. The normalized spacial score (nSPS) is 18.0. The van der Waals surface area contributed by atoms with Gasteiger partial charge < -0.3 is 19.1 Å². The van der Waals surface area contributed by atoms with E-state index in [-0.39, 0.29) is 18.1 Å². The maximum absolute atomic E-state index is 13.7. The van der Waals surface area contributed by atoms with Crippen molar-refractivity contribution >= 4 is 5.91 Å². The maximum atomic E-state index is 13.7. The molecule has 9 heteroatoms. The summed E-state index contributed by atoms with van der Waals surface area (Å²) in [5, 5.41) is 0. The number of rotatable bonds is 6. The molecule has 1 fully saturated rings. The van der Waals surface area contributed by atoms with Gasteiger partial charge in [-0.2, -0.15) is 0 Å². The van der Waals surface area contributed by atoms with Crippen LogP contribution in [-0.2, 0) is 0 Å². The van der Waals surface area contributed by atoms with Crippen molar-refractivity contribution in [2.75, 3.05) is 20.8 Å². The largest absolute Gasteiger partial charge is 0.491 e. The van der Waals surface area contributed by atoms with Gasteiger partial charge in [-0.3, -0.25) is 4.79 Å². The molecule has 0 aliphatic carbocycles. The van der Waals surface area contributed by atoms with Crippen LogP contribution in [0.5, 0.6) is 17.5 Å². The van der Waals surface area contributed by atoms with Crippen molar-refractivity contribution in [1.29, 1.82) is 0 Å². The van der Waals surface area contributed by atoms with E-state index in [4.69, 9.17) is 14.2 Å². The van der Waals surface area contributed by atoms with Gasteiger partial charge in [0.25, 0.3) is 11.8 Å². The van der Waals surface area contributed by atoms with Gasteiger partial charge in [0.05, 0.1) is 26.3 Å². The summed E-state index contributed by atoms with van der Waals surface area (Å²) in [5.74, 6) is 1.65. The van der Waals surface area contributed by atoms with Crippen LogP contribution in [0.2, 0.25) is 0 Å². The molecule has 2 unspecified atom stereocenters. The van der Waals surface area contributed by atoms with Crippen LogP contribution in [0.25, 0.3) is 11.5 Å². The lowest BCUT2D eigenvalue weighted by Crippen LogP contribution is -2.49. The molecule has 3 aromatic rings.